The maximum absolute atomic E-state index is 5.60. The highest BCUT2D eigenvalue weighted by Gasteiger charge is 2.34. The zero-order chi connectivity index (χ0) is 51.3. The van der Waals surface area contributed by atoms with Crippen molar-refractivity contribution in [2.24, 2.45) is 0 Å². The number of fused-ring (bicyclic) bond motifs is 8. The van der Waals surface area contributed by atoms with E-state index in [4.69, 9.17) is 19.9 Å². The molecule has 0 unspecified atom stereocenters. The maximum atomic E-state index is 5.60. The molecule has 6 nitrogen and oxygen atoms in total. The standard InChI is InChI=1S/C72H52N6/c1-7-19-45(20-8-1)51-33-37-65-57(39-51)59-41-53-31-36-56-68-54(32-35-55(67(53)68)69(59)77(65)71-73-61(47-23-11-3-12-24-47)43-62(74-71)48-25-13-4-14-26-48)42-60-58-40-52(46-21-9-2-10-22-46)34-38-66(58)78(70(56)60)72-75-63(49-27-15-5-16-28-49)44-64(76-72)50-29-17-6-18-30-50/h1-5,7-15,17,19-27,29-30,33-34,37-44H,6,16,18,28,31-32,35-36H2. The van der Waals surface area contributed by atoms with Crippen molar-refractivity contribution in [3.63, 3.8) is 0 Å². The molecule has 0 spiro atoms. The molecule has 16 rings (SSSR count). The van der Waals surface area contributed by atoms with Gasteiger partial charge < -0.3 is 0 Å². The molecule has 4 heterocycles. The van der Waals surface area contributed by atoms with Gasteiger partial charge in [0, 0.05) is 32.7 Å². The summed E-state index contributed by atoms with van der Waals surface area (Å²) < 4.78 is 4.83. The number of benzene rings is 8. The van der Waals surface area contributed by atoms with Crippen molar-refractivity contribution in [1.82, 2.24) is 29.1 Å². The van der Waals surface area contributed by atoms with Gasteiger partial charge in [-0.25, -0.2) is 19.9 Å². The molecule has 0 N–H and O–H groups in total. The van der Waals surface area contributed by atoms with Crippen LogP contribution in [0.3, 0.4) is 0 Å². The SMILES string of the molecule is C1=CCCC(c2cc(C3=CCCC=C3)nc(-n3c4ccc(-c5ccccc5)cc4c4cc5c6c(c43)CCc3cc4c7cc(-c8ccccc8)ccc7n(-c7nc(-c8ccccc8)cc(-c8ccccc8)n7)c4c(c3-6)CC5)n2)=C1. The fourth-order valence-electron chi connectivity index (χ4n) is 13.2. The third-order valence-corrected chi connectivity index (χ3v) is 16.8. The van der Waals surface area contributed by atoms with E-state index in [1.54, 1.807) is 0 Å². The Morgan fingerprint density at radius 2 is 0.846 bits per heavy atom. The van der Waals surface area contributed by atoms with Gasteiger partial charge in [-0.3, -0.25) is 9.13 Å². The number of allylic oxidation sites excluding steroid dienone is 8. The van der Waals surface area contributed by atoms with Gasteiger partial charge in [0.2, 0.25) is 11.9 Å². The van der Waals surface area contributed by atoms with Gasteiger partial charge in [-0.2, -0.15) is 0 Å². The Morgan fingerprint density at radius 1 is 0.359 bits per heavy atom. The van der Waals surface area contributed by atoms with Crippen molar-refractivity contribution in [3.8, 4) is 67.8 Å². The Morgan fingerprint density at radius 3 is 1.33 bits per heavy atom. The first-order valence-electron chi connectivity index (χ1n) is 27.7. The van der Waals surface area contributed by atoms with Crippen LogP contribution in [0.5, 0.6) is 0 Å². The van der Waals surface area contributed by atoms with Crippen LogP contribution in [0, 0.1) is 0 Å². The lowest BCUT2D eigenvalue weighted by Gasteiger charge is -2.31. The van der Waals surface area contributed by atoms with Crippen LogP contribution in [0.2, 0.25) is 0 Å². The molecule has 0 saturated heterocycles. The third-order valence-electron chi connectivity index (χ3n) is 16.8. The Balaban J connectivity index is 0.992. The van der Waals surface area contributed by atoms with Crippen LogP contribution in [0.4, 0.5) is 0 Å². The molecule has 370 valence electrons. The number of nitrogens with zero attached hydrogens (tertiary/aromatic N) is 6. The molecule has 0 atom stereocenters. The molecule has 12 aromatic rings. The Labute approximate surface area is 452 Å². The molecule has 4 aliphatic carbocycles. The van der Waals surface area contributed by atoms with Gasteiger partial charge in [-0.15, -0.1) is 0 Å². The third kappa shape index (κ3) is 7.24. The summed E-state index contributed by atoms with van der Waals surface area (Å²) in [6.45, 7) is 0. The van der Waals surface area contributed by atoms with Gasteiger partial charge >= 0.3 is 0 Å². The normalized spacial score (nSPS) is 14.6. The summed E-state index contributed by atoms with van der Waals surface area (Å²) in [6, 6.07) is 66.1. The highest BCUT2D eigenvalue weighted by Crippen LogP contribution is 2.52. The van der Waals surface area contributed by atoms with Crippen molar-refractivity contribution < 1.29 is 0 Å². The summed E-state index contributed by atoms with van der Waals surface area (Å²) in [5, 5.41) is 4.95. The molecular weight excluding hydrogens is 949 g/mol. The van der Waals surface area contributed by atoms with Crippen molar-refractivity contribution in [2.45, 2.75) is 51.4 Å². The van der Waals surface area contributed by atoms with Gasteiger partial charge in [0.05, 0.1) is 44.8 Å². The first kappa shape index (κ1) is 44.7. The quantitative estimate of drug-likeness (QED) is 0.152. The van der Waals surface area contributed by atoms with E-state index < -0.39 is 0 Å². The van der Waals surface area contributed by atoms with Gasteiger partial charge in [0.1, 0.15) is 0 Å². The van der Waals surface area contributed by atoms with E-state index >= 15 is 0 Å². The number of aryl methyl sites for hydroxylation is 4. The first-order valence-corrected chi connectivity index (χ1v) is 27.7. The summed E-state index contributed by atoms with van der Waals surface area (Å²) in [7, 11) is 0. The molecule has 0 saturated carbocycles. The molecule has 0 bridgehead atoms. The minimum atomic E-state index is 0.671. The summed E-state index contributed by atoms with van der Waals surface area (Å²) in [4.78, 5) is 22.3. The molecular formula is C72H52N6. The molecule has 6 heteroatoms. The number of aromatic nitrogens is 6. The van der Waals surface area contributed by atoms with Gasteiger partial charge in [-0.05, 0) is 167 Å². The van der Waals surface area contributed by atoms with Crippen molar-refractivity contribution in [1.29, 1.82) is 0 Å². The van der Waals surface area contributed by atoms with Crippen LogP contribution in [-0.4, -0.2) is 29.1 Å². The second kappa shape index (κ2) is 18.1. The lowest BCUT2D eigenvalue weighted by molar-refractivity contribution is 0.876. The Kier molecular flexibility index (Phi) is 10.4. The second-order valence-electron chi connectivity index (χ2n) is 21.3. The summed E-state index contributed by atoms with van der Waals surface area (Å²) in [5.41, 5.74) is 26.0. The lowest BCUT2D eigenvalue weighted by atomic mass is 9.74. The van der Waals surface area contributed by atoms with E-state index in [2.05, 4.69) is 228 Å². The van der Waals surface area contributed by atoms with Crippen LogP contribution in [0.25, 0.3) is 123 Å². The lowest BCUT2D eigenvalue weighted by Crippen LogP contribution is -2.17. The second-order valence-corrected chi connectivity index (χ2v) is 21.3. The van der Waals surface area contributed by atoms with E-state index in [1.807, 2.05) is 0 Å². The van der Waals surface area contributed by atoms with Crippen LogP contribution >= 0.6 is 0 Å². The summed E-state index contributed by atoms with van der Waals surface area (Å²) >= 11 is 0. The van der Waals surface area contributed by atoms with Gasteiger partial charge in [-0.1, -0.05) is 170 Å². The van der Waals surface area contributed by atoms with E-state index in [0.717, 1.165) is 108 Å². The first-order chi connectivity index (χ1) is 38.7. The largest absolute Gasteiger partial charge is 0.278 e. The average molecular weight is 1000 g/mol. The summed E-state index contributed by atoms with van der Waals surface area (Å²) in [6.07, 6.45) is 21.1. The summed E-state index contributed by atoms with van der Waals surface area (Å²) in [5.74, 6) is 1.39. The Hall–Kier alpha value is -9.52. The number of hydrogen-bond acceptors (Lipinski definition) is 4. The van der Waals surface area contributed by atoms with E-state index in [9.17, 15) is 0 Å². The van der Waals surface area contributed by atoms with E-state index in [-0.39, 0.29) is 0 Å². The average Bonchev–Trinajstić information content (AvgIpc) is 4.16. The molecule has 78 heavy (non-hydrogen) atoms. The number of rotatable bonds is 8. The highest BCUT2D eigenvalue weighted by molar-refractivity contribution is 6.17. The molecule has 0 amide bonds. The smallest absolute Gasteiger partial charge is 0.235 e. The molecule has 4 aromatic heterocycles. The van der Waals surface area contributed by atoms with E-state index in [1.165, 1.54) is 93.8 Å². The molecule has 8 aromatic carbocycles. The fourth-order valence-corrected chi connectivity index (χ4v) is 13.2. The highest BCUT2D eigenvalue weighted by atomic mass is 15.2. The van der Waals surface area contributed by atoms with Crippen LogP contribution in [-0.2, 0) is 25.7 Å². The zero-order valence-electron chi connectivity index (χ0n) is 43.1. The topological polar surface area (TPSA) is 61.4 Å². The van der Waals surface area contributed by atoms with Crippen molar-refractivity contribution in [2.75, 3.05) is 0 Å². The Bertz CT molecular complexity index is 4520. The number of hydrogen-bond donors (Lipinski definition) is 0. The minimum Gasteiger partial charge on any atom is -0.278 e. The monoisotopic (exact) mass is 1000 g/mol. The van der Waals surface area contributed by atoms with Crippen molar-refractivity contribution >= 4 is 54.8 Å². The fraction of sp³-hybridized carbons (Fsp3) is 0.111. The van der Waals surface area contributed by atoms with Crippen LogP contribution < -0.4 is 0 Å². The van der Waals surface area contributed by atoms with E-state index in [0.29, 0.717) is 5.95 Å². The predicted octanol–water partition coefficient (Wildman–Crippen LogP) is 17.5. The van der Waals surface area contributed by atoms with Crippen molar-refractivity contribution in [3.05, 3.63) is 252 Å². The minimum absolute atomic E-state index is 0.671. The van der Waals surface area contributed by atoms with Gasteiger partial charge in [0.15, 0.2) is 0 Å². The molecule has 4 aliphatic rings. The predicted molar refractivity (Wildman–Crippen MR) is 321 cm³/mol. The molecule has 0 radical (unpaired) electrons. The van der Waals surface area contributed by atoms with Crippen LogP contribution in [0.1, 0.15) is 59.3 Å². The van der Waals surface area contributed by atoms with Gasteiger partial charge in [0.25, 0.3) is 0 Å². The maximum Gasteiger partial charge on any atom is 0.235 e. The van der Waals surface area contributed by atoms with Crippen LogP contribution in [0.15, 0.2) is 218 Å². The molecule has 0 aliphatic heterocycles. The zero-order valence-corrected chi connectivity index (χ0v) is 43.1. The molecule has 0 fully saturated rings.